The third-order valence-electron chi connectivity index (χ3n) is 3.64. The van der Waals surface area contributed by atoms with Gasteiger partial charge in [0.05, 0.1) is 21.7 Å². The number of anilines is 1. The summed E-state index contributed by atoms with van der Waals surface area (Å²) in [6, 6.07) is 9.93. The molecule has 0 bridgehead atoms. The predicted octanol–water partition coefficient (Wildman–Crippen LogP) is 4.16. The molecule has 0 radical (unpaired) electrons. The standard InChI is InChI=1S/C17H15N3O4S/c1-3-24-11-7-8-13-15(9-11)25-17(18-13)19-16(21)12-5-4-6-14(10(12)2)20(22)23/h4-9H,3H2,1-2H3,(H,18,19,21). The molecule has 2 aromatic carbocycles. The maximum atomic E-state index is 12.5. The van der Waals surface area contributed by atoms with Crippen LogP contribution in [0.2, 0.25) is 0 Å². The summed E-state index contributed by atoms with van der Waals surface area (Å²) in [6.45, 7) is 4.03. The van der Waals surface area contributed by atoms with Gasteiger partial charge in [-0.05, 0) is 38.1 Å². The summed E-state index contributed by atoms with van der Waals surface area (Å²) in [5.74, 6) is 0.316. The molecule has 25 heavy (non-hydrogen) atoms. The van der Waals surface area contributed by atoms with Crippen molar-refractivity contribution >= 4 is 38.3 Å². The maximum Gasteiger partial charge on any atom is 0.273 e. The van der Waals surface area contributed by atoms with E-state index >= 15 is 0 Å². The molecule has 0 aliphatic carbocycles. The molecule has 1 heterocycles. The molecule has 0 aliphatic rings. The Morgan fingerprint density at radius 2 is 2.16 bits per heavy atom. The van der Waals surface area contributed by atoms with Gasteiger partial charge in [0.25, 0.3) is 11.6 Å². The molecule has 7 nitrogen and oxygen atoms in total. The lowest BCUT2D eigenvalue weighted by Gasteiger charge is -2.05. The van der Waals surface area contributed by atoms with Gasteiger partial charge in [0, 0.05) is 17.2 Å². The van der Waals surface area contributed by atoms with Gasteiger partial charge in [-0.25, -0.2) is 4.98 Å². The van der Waals surface area contributed by atoms with E-state index in [4.69, 9.17) is 4.74 Å². The molecule has 1 amide bonds. The molecule has 8 heteroatoms. The molecular formula is C17H15N3O4S. The smallest absolute Gasteiger partial charge is 0.273 e. The molecule has 0 aliphatic heterocycles. The zero-order valence-electron chi connectivity index (χ0n) is 13.6. The van der Waals surface area contributed by atoms with E-state index in [0.29, 0.717) is 17.3 Å². The number of benzene rings is 2. The van der Waals surface area contributed by atoms with Crippen LogP contribution in [0.5, 0.6) is 5.75 Å². The number of carbonyl (C=O) groups is 1. The van der Waals surface area contributed by atoms with Crippen LogP contribution in [-0.2, 0) is 0 Å². The predicted molar refractivity (Wildman–Crippen MR) is 96.6 cm³/mol. The molecule has 3 rings (SSSR count). The van der Waals surface area contributed by atoms with Gasteiger partial charge in [-0.3, -0.25) is 20.2 Å². The lowest BCUT2D eigenvalue weighted by Crippen LogP contribution is -2.13. The van der Waals surface area contributed by atoms with Gasteiger partial charge in [-0.15, -0.1) is 0 Å². The number of nitrogens with one attached hydrogen (secondary N) is 1. The molecule has 0 spiro atoms. The summed E-state index contributed by atoms with van der Waals surface area (Å²) in [5.41, 5.74) is 1.24. The molecule has 1 aromatic heterocycles. The van der Waals surface area contributed by atoms with Crippen LogP contribution in [0.15, 0.2) is 36.4 Å². The second kappa shape index (κ2) is 6.86. The van der Waals surface area contributed by atoms with E-state index in [1.165, 1.54) is 23.5 Å². The van der Waals surface area contributed by atoms with Gasteiger partial charge in [0.15, 0.2) is 5.13 Å². The second-order valence-corrected chi connectivity index (χ2v) is 6.27. The minimum Gasteiger partial charge on any atom is -0.494 e. The quantitative estimate of drug-likeness (QED) is 0.546. The van der Waals surface area contributed by atoms with Crippen molar-refractivity contribution in [3.63, 3.8) is 0 Å². The first-order chi connectivity index (χ1) is 12.0. The Morgan fingerprint density at radius 1 is 1.36 bits per heavy atom. The van der Waals surface area contributed by atoms with E-state index in [0.717, 1.165) is 16.0 Å². The zero-order valence-corrected chi connectivity index (χ0v) is 14.4. The minimum atomic E-state index is -0.501. The van der Waals surface area contributed by atoms with Crippen LogP contribution in [0.25, 0.3) is 10.2 Å². The number of fused-ring (bicyclic) bond motifs is 1. The normalized spacial score (nSPS) is 10.6. The Balaban J connectivity index is 1.87. The van der Waals surface area contributed by atoms with Crippen molar-refractivity contribution < 1.29 is 14.5 Å². The van der Waals surface area contributed by atoms with Crippen LogP contribution in [0.3, 0.4) is 0 Å². The summed E-state index contributed by atoms with van der Waals surface area (Å²) in [6.07, 6.45) is 0. The third-order valence-corrected chi connectivity index (χ3v) is 4.57. The van der Waals surface area contributed by atoms with Crippen molar-refractivity contribution in [1.82, 2.24) is 4.98 Å². The highest BCUT2D eigenvalue weighted by Crippen LogP contribution is 2.30. The van der Waals surface area contributed by atoms with Crippen molar-refractivity contribution in [1.29, 1.82) is 0 Å². The number of nitrogens with zero attached hydrogens (tertiary/aromatic N) is 2. The van der Waals surface area contributed by atoms with Gasteiger partial charge in [-0.2, -0.15) is 0 Å². The monoisotopic (exact) mass is 357 g/mol. The van der Waals surface area contributed by atoms with Crippen molar-refractivity contribution in [2.24, 2.45) is 0 Å². The Labute approximate surface area is 147 Å². The molecular weight excluding hydrogens is 342 g/mol. The Kier molecular flexibility index (Phi) is 4.62. The van der Waals surface area contributed by atoms with Crippen molar-refractivity contribution in [3.8, 4) is 5.75 Å². The number of hydrogen-bond acceptors (Lipinski definition) is 6. The van der Waals surface area contributed by atoms with Gasteiger partial charge in [0.2, 0.25) is 0 Å². The SMILES string of the molecule is CCOc1ccc2nc(NC(=O)c3cccc([N+](=O)[O-])c3C)sc2c1. The third kappa shape index (κ3) is 3.43. The average molecular weight is 357 g/mol. The molecule has 128 valence electrons. The van der Waals surface area contributed by atoms with Gasteiger partial charge < -0.3 is 4.74 Å². The lowest BCUT2D eigenvalue weighted by atomic mass is 10.1. The zero-order chi connectivity index (χ0) is 18.0. The fourth-order valence-electron chi connectivity index (χ4n) is 2.45. The second-order valence-electron chi connectivity index (χ2n) is 5.24. The summed E-state index contributed by atoms with van der Waals surface area (Å²) >= 11 is 1.32. The van der Waals surface area contributed by atoms with E-state index in [1.54, 1.807) is 13.0 Å². The molecule has 3 aromatic rings. The highest BCUT2D eigenvalue weighted by atomic mass is 32.1. The first-order valence-corrected chi connectivity index (χ1v) is 8.40. The van der Waals surface area contributed by atoms with Crippen molar-refractivity contribution in [3.05, 3.63) is 57.6 Å². The number of nitro benzene ring substituents is 1. The molecule has 0 saturated carbocycles. The highest BCUT2D eigenvalue weighted by Gasteiger charge is 2.19. The summed E-state index contributed by atoms with van der Waals surface area (Å²) in [5, 5.41) is 14.2. The number of aromatic nitrogens is 1. The van der Waals surface area contributed by atoms with Crippen LogP contribution in [0, 0.1) is 17.0 Å². The van der Waals surface area contributed by atoms with E-state index in [9.17, 15) is 14.9 Å². The van der Waals surface area contributed by atoms with E-state index in [2.05, 4.69) is 10.3 Å². The summed E-state index contributed by atoms with van der Waals surface area (Å²) < 4.78 is 6.34. The van der Waals surface area contributed by atoms with Crippen LogP contribution in [0.4, 0.5) is 10.8 Å². The van der Waals surface area contributed by atoms with Crippen LogP contribution >= 0.6 is 11.3 Å². The molecule has 0 fully saturated rings. The van der Waals surface area contributed by atoms with Crippen molar-refractivity contribution in [2.45, 2.75) is 13.8 Å². The Bertz CT molecular complexity index is 968. The fraction of sp³-hybridized carbons (Fsp3) is 0.176. The van der Waals surface area contributed by atoms with Crippen LogP contribution < -0.4 is 10.1 Å². The summed E-state index contributed by atoms with van der Waals surface area (Å²) in [4.78, 5) is 27.3. The summed E-state index contributed by atoms with van der Waals surface area (Å²) in [7, 11) is 0. The first-order valence-electron chi connectivity index (χ1n) is 7.58. The highest BCUT2D eigenvalue weighted by molar-refractivity contribution is 7.22. The average Bonchev–Trinajstić information content (AvgIpc) is 2.96. The fourth-order valence-corrected chi connectivity index (χ4v) is 3.34. The lowest BCUT2D eigenvalue weighted by molar-refractivity contribution is -0.385. The van der Waals surface area contributed by atoms with Gasteiger partial charge in [0.1, 0.15) is 5.75 Å². The number of nitro groups is 1. The molecule has 0 atom stereocenters. The van der Waals surface area contributed by atoms with Crippen LogP contribution in [-0.4, -0.2) is 22.4 Å². The van der Waals surface area contributed by atoms with Crippen LogP contribution in [0.1, 0.15) is 22.8 Å². The first kappa shape index (κ1) is 16.8. The molecule has 1 N–H and O–H groups in total. The number of rotatable bonds is 5. The minimum absolute atomic E-state index is 0.0849. The van der Waals surface area contributed by atoms with Gasteiger partial charge >= 0.3 is 0 Å². The largest absolute Gasteiger partial charge is 0.494 e. The van der Waals surface area contributed by atoms with E-state index < -0.39 is 10.8 Å². The van der Waals surface area contributed by atoms with E-state index in [1.807, 2.05) is 25.1 Å². The number of amides is 1. The molecule has 0 unspecified atom stereocenters. The van der Waals surface area contributed by atoms with E-state index in [-0.39, 0.29) is 11.3 Å². The molecule has 0 saturated heterocycles. The number of thiazole rings is 1. The maximum absolute atomic E-state index is 12.5. The topological polar surface area (TPSA) is 94.4 Å². The number of carbonyl (C=O) groups excluding carboxylic acids is 1. The number of hydrogen-bond donors (Lipinski definition) is 1. The Morgan fingerprint density at radius 3 is 2.88 bits per heavy atom. The van der Waals surface area contributed by atoms with Crippen molar-refractivity contribution in [2.75, 3.05) is 11.9 Å². The van der Waals surface area contributed by atoms with Gasteiger partial charge in [-0.1, -0.05) is 17.4 Å². The Hall–Kier alpha value is -3.00. The number of ether oxygens (including phenoxy) is 1.